The van der Waals surface area contributed by atoms with Gasteiger partial charge in [0.15, 0.2) is 0 Å². The zero-order chi connectivity index (χ0) is 11.8. The Hall–Kier alpha value is -1.51. The molecule has 2 N–H and O–H groups in total. The van der Waals surface area contributed by atoms with Gasteiger partial charge in [-0.3, -0.25) is 0 Å². The van der Waals surface area contributed by atoms with Crippen LogP contribution in [0, 0.1) is 0 Å². The van der Waals surface area contributed by atoms with Crippen molar-refractivity contribution in [1.82, 2.24) is 0 Å². The lowest BCUT2D eigenvalue weighted by atomic mass is 10.0. The Morgan fingerprint density at radius 2 is 2.06 bits per heavy atom. The second-order valence-corrected chi connectivity index (χ2v) is 3.95. The second-order valence-electron chi connectivity index (χ2n) is 3.95. The maximum absolute atomic E-state index is 9.47. The van der Waals surface area contributed by atoms with Crippen molar-refractivity contribution in [3.8, 4) is 5.75 Å². The van der Waals surface area contributed by atoms with Gasteiger partial charge in [0.05, 0.1) is 6.21 Å². The molecule has 0 atom stereocenters. The maximum Gasteiger partial charge on any atom is 0.124 e. The molecule has 88 valence electrons. The first-order chi connectivity index (χ1) is 7.77. The first kappa shape index (κ1) is 12.6. The molecule has 0 bridgehead atoms. The molecular formula is C13H19NO2. The molecule has 3 heteroatoms. The fourth-order valence-corrected chi connectivity index (χ4v) is 1.68. The Balaban J connectivity index is 2.57. The van der Waals surface area contributed by atoms with Crippen LogP contribution in [0.5, 0.6) is 5.75 Å². The van der Waals surface area contributed by atoms with E-state index in [0.29, 0.717) is 5.56 Å². The molecule has 0 saturated heterocycles. The van der Waals surface area contributed by atoms with Gasteiger partial charge in [-0.15, -0.1) is 0 Å². The molecular weight excluding hydrogens is 202 g/mol. The molecule has 16 heavy (non-hydrogen) atoms. The molecule has 0 radical (unpaired) electrons. The van der Waals surface area contributed by atoms with Crippen LogP contribution in [0.3, 0.4) is 0 Å². The molecule has 1 rings (SSSR count). The summed E-state index contributed by atoms with van der Waals surface area (Å²) in [6.07, 6.45) is 7.16. The van der Waals surface area contributed by atoms with Crippen molar-refractivity contribution in [3.05, 3.63) is 29.3 Å². The summed E-state index contributed by atoms with van der Waals surface area (Å²) in [7, 11) is 0. The molecule has 0 aliphatic carbocycles. The monoisotopic (exact) mass is 221 g/mol. The van der Waals surface area contributed by atoms with Gasteiger partial charge in [-0.05, 0) is 30.5 Å². The highest BCUT2D eigenvalue weighted by atomic mass is 16.4. The third-order valence-corrected chi connectivity index (χ3v) is 2.61. The Kier molecular flexibility index (Phi) is 5.40. The predicted octanol–water partition coefficient (Wildman–Crippen LogP) is 3.32. The minimum absolute atomic E-state index is 0.148. The summed E-state index contributed by atoms with van der Waals surface area (Å²) in [5, 5.41) is 20.8. The quantitative estimate of drug-likeness (QED) is 0.335. The third-order valence-electron chi connectivity index (χ3n) is 2.61. The van der Waals surface area contributed by atoms with Crippen LogP contribution in [0.25, 0.3) is 0 Å². The van der Waals surface area contributed by atoms with Gasteiger partial charge in [-0.2, -0.15) is 0 Å². The number of unbranched alkanes of at least 4 members (excludes halogenated alkanes) is 3. The number of phenolic OH excluding ortho intramolecular Hbond substituents is 1. The molecule has 1 aromatic rings. The molecule has 0 heterocycles. The highest BCUT2D eigenvalue weighted by molar-refractivity contribution is 5.83. The molecule has 0 amide bonds. The first-order valence-electron chi connectivity index (χ1n) is 5.77. The van der Waals surface area contributed by atoms with Crippen LogP contribution in [0.2, 0.25) is 0 Å². The first-order valence-corrected chi connectivity index (χ1v) is 5.77. The average molecular weight is 221 g/mol. The number of nitrogens with zero attached hydrogens (tertiary/aromatic N) is 1. The van der Waals surface area contributed by atoms with E-state index in [1.807, 2.05) is 12.1 Å². The summed E-state index contributed by atoms with van der Waals surface area (Å²) in [6.45, 7) is 2.19. The largest absolute Gasteiger partial charge is 0.507 e. The highest BCUT2D eigenvalue weighted by Crippen LogP contribution is 2.18. The minimum Gasteiger partial charge on any atom is -0.507 e. The lowest BCUT2D eigenvalue weighted by Crippen LogP contribution is -1.90. The topological polar surface area (TPSA) is 52.8 Å². The van der Waals surface area contributed by atoms with E-state index in [0.717, 1.165) is 12.8 Å². The SMILES string of the molecule is CCCCCCc1ccc(O)c(/C=N/O)c1. The van der Waals surface area contributed by atoms with Gasteiger partial charge < -0.3 is 10.3 Å². The molecule has 0 saturated carbocycles. The van der Waals surface area contributed by atoms with E-state index in [9.17, 15) is 5.11 Å². The van der Waals surface area contributed by atoms with Crippen LogP contribution in [-0.4, -0.2) is 16.5 Å². The Morgan fingerprint density at radius 3 is 2.75 bits per heavy atom. The second kappa shape index (κ2) is 6.88. The van der Waals surface area contributed by atoms with Crippen molar-refractivity contribution in [2.24, 2.45) is 5.16 Å². The van der Waals surface area contributed by atoms with Crippen LogP contribution < -0.4 is 0 Å². The number of rotatable bonds is 6. The summed E-state index contributed by atoms with van der Waals surface area (Å²) in [6, 6.07) is 5.42. The molecule has 0 aromatic heterocycles. The van der Waals surface area contributed by atoms with E-state index in [1.54, 1.807) is 6.07 Å². The van der Waals surface area contributed by atoms with E-state index in [4.69, 9.17) is 5.21 Å². The van der Waals surface area contributed by atoms with Gasteiger partial charge in [-0.25, -0.2) is 0 Å². The number of hydrogen-bond donors (Lipinski definition) is 2. The fraction of sp³-hybridized carbons (Fsp3) is 0.462. The van der Waals surface area contributed by atoms with E-state index < -0.39 is 0 Å². The van der Waals surface area contributed by atoms with E-state index in [1.165, 1.54) is 31.0 Å². The van der Waals surface area contributed by atoms with Gasteiger partial charge in [0.25, 0.3) is 0 Å². The number of oxime groups is 1. The maximum atomic E-state index is 9.47. The number of phenols is 1. The molecule has 1 aromatic carbocycles. The number of aromatic hydroxyl groups is 1. The molecule has 0 aliphatic rings. The Morgan fingerprint density at radius 1 is 1.25 bits per heavy atom. The molecule has 0 aliphatic heterocycles. The zero-order valence-electron chi connectivity index (χ0n) is 9.69. The molecule has 0 fully saturated rings. The standard InChI is InChI=1S/C13H19NO2/c1-2-3-4-5-6-11-7-8-13(15)12(9-11)10-14-16/h7-10,15-16H,2-6H2,1H3/b14-10+. The molecule has 0 spiro atoms. The Bertz CT molecular complexity index is 348. The van der Waals surface area contributed by atoms with E-state index in [-0.39, 0.29) is 5.75 Å². The van der Waals surface area contributed by atoms with Gasteiger partial charge in [0.1, 0.15) is 5.75 Å². The van der Waals surface area contributed by atoms with Crippen LogP contribution >= 0.6 is 0 Å². The summed E-state index contributed by atoms with van der Waals surface area (Å²) >= 11 is 0. The van der Waals surface area contributed by atoms with Crippen molar-refractivity contribution in [2.45, 2.75) is 39.0 Å². The van der Waals surface area contributed by atoms with Crippen molar-refractivity contribution >= 4 is 6.21 Å². The molecule has 0 unspecified atom stereocenters. The third kappa shape index (κ3) is 3.93. The summed E-state index contributed by atoms with van der Waals surface area (Å²) in [5.41, 5.74) is 1.74. The highest BCUT2D eigenvalue weighted by Gasteiger charge is 2.00. The van der Waals surface area contributed by atoms with E-state index >= 15 is 0 Å². The van der Waals surface area contributed by atoms with Crippen LogP contribution in [0.15, 0.2) is 23.4 Å². The summed E-state index contributed by atoms with van der Waals surface area (Å²) < 4.78 is 0. The summed E-state index contributed by atoms with van der Waals surface area (Å²) in [5.74, 6) is 0.148. The number of aryl methyl sites for hydroxylation is 1. The van der Waals surface area contributed by atoms with Crippen molar-refractivity contribution in [2.75, 3.05) is 0 Å². The van der Waals surface area contributed by atoms with Crippen molar-refractivity contribution in [1.29, 1.82) is 0 Å². The van der Waals surface area contributed by atoms with Crippen molar-refractivity contribution < 1.29 is 10.3 Å². The fourth-order valence-electron chi connectivity index (χ4n) is 1.68. The van der Waals surface area contributed by atoms with E-state index in [2.05, 4.69) is 12.1 Å². The van der Waals surface area contributed by atoms with Crippen LogP contribution in [0.4, 0.5) is 0 Å². The molecule has 3 nitrogen and oxygen atoms in total. The predicted molar refractivity (Wildman–Crippen MR) is 65.3 cm³/mol. The van der Waals surface area contributed by atoms with Crippen LogP contribution in [-0.2, 0) is 6.42 Å². The minimum atomic E-state index is 0.148. The lowest BCUT2D eigenvalue weighted by molar-refractivity contribution is 0.321. The number of hydrogen-bond acceptors (Lipinski definition) is 3. The van der Waals surface area contributed by atoms with Gasteiger partial charge in [0.2, 0.25) is 0 Å². The average Bonchev–Trinajstić information content (AvgIpc) is 2.29. The Labute approximate surface area is 96.4 Å². The number of benzene rings is 1. The van der Waals surface area contributed by atoms with Gasteiger partial charge in [0, 0.05) is 5.56 Å². The normalized spacial score (nSPS) is 11.1. The van der Waals surface area contributed by atoms with Gasteiger partial charge >= 0.3 is 0 Å². The zero-order valence-corrected chi connectivity index (χ0v) is 9.69. The van der Waals surface area contributed by atoms with Crippen LogP contribution in [0.1, 0.15) is 43.7 Å². The lowest BCUT2D eigenvalue weighted by Gasteiger charge is -2.04. The summed E-state index contributed by atoms with van der Waals surface area (Å²) in [4.78, 5) is 0. The smallest absolute Gasteiger partial charge is 0.124 e. The van der Waals surface area contributed by atoms with Gasteiger partial charge in [-0.1, -0.05) is 37.4 Å². The van der Waals surface area contributed by atoms with Crippen molar-refractivity contribution in [3.63, 3.8) is 0 Å².